The highest BCUT2D eigenvalue weighted by Crippen LogP contribution is 2.44. The molecule has 0 bridgehead atoms. The van der Waals surface area contributed by atoms with Crippen molar-refractivity contribution in [3.63, 3.8) is 0 Å². The first kappa shape index (κ1) is 18.0. The van der Waals surface area contributed by atoms with Crippen LogP contribution in [0, 0.1) is 6.92 Å². The van der Waals surface area contributed by atoms with Crippen molar-refractivity contribution in [2.75, 3.05) is 4.90 Å². The van der Waals surface area contributed by atoms with Gasteiger partial charge >= 0.3 is 0 Å². The smallest absolute Gasteiger partial charge is 0.294 e. The molecule has 1 amide bonds. The maximum absolute atomic E-state index is 13.1. The number of aliphatic hydroxyl groups excluding tert-OH is 1. The van der Waals surface area contributed by atoms with E-state index in [0.717, 1.165) is 10.4 Å². The Labute approximate surface area is 169 Å². The number of halogens is 1. The maximum Gasteiger partial charge on any atom is 0.294 e. The van der Waals surface area contributed by atoms with Gasteiger partial charge in [0.1, 0.15) is 6.04 Å². The third-order valence-electron chi connectivity index (χ3n) is 4.44. The number of amides is 1. The number of hydrogen-bond acceptors (Lipinski definition) is 5. The van der Waals surface area contributed by atoms with Gasteiger partial charge in [0.2, 0.25) is 5.78 Å². The molecule has 0 saturated carbocycles. The number of benzene rings is 1. The second-order valence-corrected chi connectivity index (χ2v) is 8.46. The predicted molar refractivity (Wildman–Crippen MR) is 109 cm³/mol. The van der Waals surface area contributed by atoms with Gasteiger partial charge in [0.25, 0.3) is 5.91 Å². The summed E-state index contributed by atoms with van der Waals surface area (Å²) in [5.74, 6) is -1.44. The van der Waals surface area contributed by atoms with Crippen LogP contribution in [0.1, 0.15) is 26.2 Å². The van der Waals surface area contributed by atoms with Crippen molar-refractivity contribution < 1.29 is 14.7 Å². The molecule has 27 heavy (non-hydrogen) atoms. The van der Waals surface area contributed by atoms with Crippen LogP contribution in [0.5, 0.6) is 0 Å². The summed E-state index contributed by atoms with van der Waals surface area (Å²) in [5.41, 5.74) is 1.50. The normalized spacial score (nSPS) is 17.0. The highest BCUT2D eigenvalue weighted by atomic mass is 35.5. The number of carbonyl (C=O) groups is 2. The third-order valence-corrected chi connectivity index (χ3v) is 6.47. The number of anilines is 1. The molecule has 1 aliphatic heterocycles. The largest absolute Gasteiger partial charge is 0.503 e. The van der Waals surface area contributed by atoms with Crippen LogP contribution in [0.3, 0.4) is 0 Å². The fourth-order valence-corrected chi connectivity index (χ4v) is 4.85. The fourth-order valence-electron chi connectivity index (χ4n) is 3.18. The first-order chi connectivity index (χ1) is 13.0. The molecule has 0 fully saturated rings. The van der Waals surface area contributed by atoms with E-state index < -0.39 is 17.7 Å². The van der Waals surface area contributed by atoms with Crippen molar-refractivity contribution in [3.8, 4) is 0 Å². The third kappa shape index (κ3) is 3.00. The summed E-state index contributed by atoms with van der Waals surface area (Å²) in [7, 11) is 0. The maximum atomic E-state index is 13.1. The van der Waals surface area contributed by atoms with Gasteiger partial charge in [-0.05, 0) is 47.5 Å². The number of nitrogens with zero attached hydrogens (tertiary/aromatic N) is 1. The molecule has 0 radical (unpaired) electrons. The highest BCUT2D eigenvalue weighted by Gasteiger charge is 2.45. The number of hydrogen-bond donors (Lipinski definition) is 1. The van der Waals surface area contributed by atoms with E-state index in [1.807, 2.05) is 30.5 Å². The molecule has 1 atom stereocenters. The second-order valence-electron chi connectivity index (χ2n) is 6.09. The Balaban J connectivity index is 1.90. The van der Waals surface area contributed by atoms with Crippen LogP contribution < -0.4 is 4.90 Å². The van der Waals surface area contributed by atoms with Gasteiger partial charge in [-0.2, -0.15) is 0 Å². The van der Waals surface area contributed by atoms with E-state index in [4.69, 9.17) is 11.6 Å². The van der Waals surface area contributed by atoms with Gasteiger partial charge in [-0.3, -0.25) is 14.5 Å². The summed E-state index contributed by atoms with van der Waals surface area (Å²) >= 11 is 8.87. The Morgan fingerprint density at radius 1 is 1.15 bits per heavy atom. The number of rotatable bonds is 4. The van der Waals surface area contributed by atoms with Gasteiger partial charge in [-0.15, -0.1) is 22.7 Å². The zero-order valence-electron chi connectivity index (χ0n) is 14.2. The van der Waals surface area contributed by atoms with Crippen LogP contribution in [0.15, 0.2) is 64.6 Å². The minimum absolute atomic E-state index is 0.101. The Hall–Kier alpha value is -2.41. The number of carbonyl (C=O) groups excluding carboxylic acids is 2. The molecule has 1 aliphatic rings. The molecule has 3 heterocycles. The SMILES string of the molecule is Cc1ccc(Cl)cc1N1C(=O)C(O)=C(C(=O)c2cccs2)C1c1cccs1. The molecule has 1 aromatic carbocycles. The summed E-state index contributed by atoms with van der Waals surface area (Å²) in [5, 5.41) is 14.8. The van der Waals surface area contributed by atoms with Gasteiger partial charge in [0.15, 0.2) is 5.76 Å². The summed E-state index contributed by atoms with van der Waals surface area (Å²) < 4.78 is 0. The number of ketones is 1. The number of aliphatic hydroxyl groups is 1. The van der Waals surface area contributed by atoms with Gasteiger partial charge in [0, 0.05) is 15.6 Å². The molecule has 2 aromatic heterocycles. The summed E-state index contributed by atoms with van der Waals surface area (Å²) in [6, 6.07) is 11.7. The zero-order valence-corrected chi connectivity index (χ0v) is 16.6. The minimum Gasteiger partial charge on any atom is -0.503 e. The van der Waals surface area contributed by atoms with E-state index in [2.05, 4.69) is 0 Å². The molecule has 4 rings (SSSR count). The van der Waals surface area contributed by atoms with Crippen LogP contribution in [0.25, 0.3) is 0 Å². The Morgan fingerprint density at radius 2 is 1.89 bits per heavy atom. The fraction of sp³-hybridized carbons (Fsp3) is 0.100. The molecule has 136 valence electrons. The van der Waals surface area contributed by atoms with Crippen LogP contribution in [0.4, 0.5) is 5.69 Å². The van der Waals surface area contributed by atoms with Crippen LogP contribution in [-0.2, 0) is 4.79 Å². The predicted octanol–water partition coefficient (Wildman–Crippen LogP) is 5.55. The van der Waals surface area contributed by atoms with E-state index in [-0.39, 0.29) is 11.4 Å². The molecule has 3 aromatic rings. The summed E-state index contributed by atoms with van der Waals surface area (Å²) in [6.45, 7) is 1.86. The monoisotopic (exact) mass is 415 g/mol. The van der Waals surface area contributed by atoms with Crippen molar-refractivity contribution in [1.82, 2.24) is 0 Å². The van der Waals surface area contributed by atoms with Crippen LogP contribution in [0.2, 0.25) is 5.02 Å². The number of Topliss-reactive ketones (excluding diaryl/α,β-unsaturated/α-hetero) is 1. The van der Waals surface area contributed by atoms with Gasteiger partial charge in [0.05, 0.1) is 10.5 Å². The van der Waals surface area contributed by atoms with E-state index in [1.54, 1.807) is 29.6 Å². The lowest BCUT2D eigenvalue weighted by Crippen LogP contribution is -2.31. The molecule has 0 aliphatic carbocycles. The molecule has 0 spiro atoms. The quantitative estimate of drug-likeness (QED) is 0.568. The van der Waals surface area contributed by atoms with E-state index >= 15 is 0 Å². The van der Waals surface area contributed by atoms with Gasteiger partial charge < -0.3 is 5.11 Å². The van der Waals surface area contributed by atoms with Crippen molar-refractivity contribution >= 4 is 51.7 Å². The van der Waals surface area contributed by atoms with E-state index in [9.17, 15) is 14.7 Å². The Bertz CT molecular complexity index is 1060. The topological polar surface area (TPSA) is 57.6 Å². The van der Waals surface area contributed by atoms with Crippen molar-refractivity contribution in [1.29, 1.82) is 0 Å². The summed E-state index contributed by atoms with van der Waals surface area (Å²) in [4.78, 5) is 28.8. The average Bonchev–Trinajstić information content (AvgIpc) is 3.39. The first-order valence-electron chi connectivity index (χ1n) is 8.13. The van der Waals surface area contributed by atoms with Gasteiger partial charge in [-0.1, -0.05) is 29.8 Å². The highest BCUT2D eigenvalue weighted by molar-refractivity contribution is 7.12. The molecule has 4 nitrogen and oxygen atoms in total. The lowest BCUT2D eigenvalue weighted by molar-refractivity contribution is -0.117. The second kappa shape index (κ2) is 6.96. The summed E-state index contributed by atoms with van der Waals surface area (Å²) in [6.07, 6.45) is 0. The molecule has 1 N–H and O–H groups in total. The lowest BCUT2D eigenvalue weighted by atomic mass is 10.00. The Kier molecular flexibility index (Phi) is 4.63. The zero-order chi connectivity index (χ0) is 19.1. The average molecular weight is 416 g/mol. The van der Waals surface area contributed by atoms with Crippen LogP contribution in [-0.4, -0.2) is 16.8 Å². The molecule has 7 heteroatoms. The van der Waals surface area contributed by atoms with Crippen molar-refractivity contribution in [2.45, 2.75) is 13.0 Å². The molecule has 0 saturated heterocycles. The minimum atomic E-state index is -0.690. The van der Waals surface area contributed by atoms with E-state index in [1.165, 1.54) is 27.6 Å². The van der Waals surface area contributed by atoms with Crippen molar-refractivity contribution in [2.24, 2.45) is 0 Å². The van der Waals surface area contributed by atoms with E-state index in [0.29, 0.717) is 15.6 Å². The molecule has 1 unspecified atom stereocenters. The van der Waals surface area contributed by atoms with Gasteiger partial charge in [-0.25, -0.2) is 0 Å². The lowest BCUT2D eigenvalue weighted by Gasteiger charge is -2.27. The molecular formula is C20H14ClNO3S2. The number of thiophene rings is 2. The van der Waals surface area contributed by atoms with Crippen LogP contribution >= 0.6 is 34.3 Å². The Morgan fingerprint density at radius 3 is 2.56 bits per heavy atom. The van der Waals surface area contributed by atoms with Crippen molar-refractivity contribution in [3.05, 3.63) is 84.9 Å². The number of aryl methyl sites for hydroxylation is 1. The molecular weight excluding hydrogens is 402 g/mol. The standard InChI is InChI=1S/C20H14ClNO3S2/c1-11-6-7-12(21)10-13(11)22-17(14-4-2-8-26-14)16(19(24)20(22)25)18(23)15-5-3-9-27-15/h2-10,17,24H,1H3. The first-order valence-corrected chi connectivity index (χ1v) is 10.3.